The fourth-order valence-electron chi connectivity index (χ4n) is 2.77. The number of hydrogen-bond acceptors (Lipinski definition) is 2. The minimum absolute atomic E-state index is 0.110. The molecule has 126 valence electrons. The fourth-order valence-corrected chi connectivity index (χ4v) is 2.77. The molecule has 0 aliphatic carbocycles. The normalized spacial score (nSPS) is 12.7. The summed E-state index contributed by atoms with van der Waals surface area (Å²) in [6, 6.07) is 0.255. The number of hydrogen-bond donors (Lipinski definition) is 1. The number of aryl methyl sites for hydroxylation is 1. The Balaban J connectivity index is 2.59. The van der Waals surface area contributed by atoms with E-state index in [2.05, 4.69) is 45.0 Å². The molecule has 1 atom stereocenters. The molecular weight excluding hydrogens is 274 g/mol. The molecule has 4 nitrogen and oxygen atoms in total. The third-order valence-corrected chi connectivity index (χ3v) is 4.05. The summed E-state index contributed by atoms with van der Waals surface area (Å²) in [4.78, 5) is 12.2. The van der Waals surface area contributed by atoms with Gasteiger partial charge in [0.1, 0.15) is 0 Å². The van der Waals surface area contributed by atoms with E-state index in [1.54, 1.807) is 0 Å². The first-order valence-electron chi connectivity index (χ1n) is 8.67. The second-order valence-corrected chi connectivity index (χ2v) is 6.87. The van der Waals surface area contributed by atoms with Gasteiger partial charge in [-0.3, -0.25) is 9.48 Å². The summed E-state index contributed by atoms with van der Waals surface area (Å²) in [6.45, 7) is 13.6. The molecule has 0 spiro atoms. The Morgan fingerprint density at radius 3 is 2.50 bits per heavy atom. The summed E-state index contributed by atoms with van der Waals surface area (Å²) in [5.41, 5.74) is 3.19. The topological polar surface area (TPSA) is 46.9 Å². The van der Waals surface area contributed by atoms with Gasteiger partial charge in [0.15, 0.2) is 0 Å². The van der Waals surface area contributed by atoms with Crippen molar-refractivity contribution < 1.29 is 4.79 Å². The molecule has 1 unspecified atom stereocenters. The lowest BCUT2D eigenvalue weighted by molar-refractivity contribution is -0.121. The minimum Gasteiger partial charge on any atom is -0.353 e. The van der Waals surface area contributed by atoms with Crippen LogP contribution in [0.4, 0.5) is 0 Å². The molecule has 0 aliphatic heterocycles. The highest BCUT2D eigenvalue weighted by atomic mass is 16.1. The quantitative estimate of drug-likeness (QED) is 0.706. The van der Waals surface area contributed by atoms with Gasteiger partial charge in [-0.1, -0.05) is 40.0 Å². The van der Waals surface area contributed by atoms with Crippen molar-refractivity contribution in [1.82, 2.24) is 15.1 Å². The van der Waals surface area contributed by atoms with Crippen LogP contribution in [0.1, 0.15) is 70.3 Å². The summed E-state index contributed by atoms with van der Waals surface area (Å²) in [6.07, 6.45) is 5.13. The summed E-state index contributed by atoms with van der Waals surface area (Å²) in [5, 5.41) is 7.70. The van der Waals surface area contributed by atoms with Crippen LogP contribution in [0.2, 0.25) is 0 Å². The van der Waals surface area contributed by atoms with Gasteiger partial charge in [0.25, 0.3) is 0 Å². The Morgan fingerprint density at radius 2 is 1.91 bits per heavy atom. The van der Waals surface area contributed by atoms with Crippen LogP contribution in [0.3, 0.4) is 0 Å². The van der Waals surface area contributed by atoms with Gasteiger partial charge >= 0.3 is 0 Å². The third-order valence-electron chi connectivity index (χ3n) is 4.05. The van der Waals surface area contributed by atoms with Crippen molar-refractivity contribution in [3.63, 3.8) is 0 Å². The lowest BCUT2D eigenvalue weighted by Gasteiger charge is -2.14. The van der Waals surface area contributed by atoms with Crippen LogP contribution < -0.4 is 5.32 Å². The van der Waals surface area contributed by atoms with E-state index >= 15 is 0 Å². The van der Waals surface area contributed by atoms with Crippen LogP contribution in [-0.4, -0.2) is 21.7 Å². The Bertz CT molecular complexity index is 477. The maximum absolute atomic E-state index is 12.2. The van der Waals surface area contributed by atoms with Gasteiger partial charge in [0, 0.05) is 23.8 Å². The van der Waals surface area contributed by atoms with Crippen molar-refractivity contribution in [3.8, 4) is 0 Å². The monoisotopic (exact) mass is 307 g/mol. The van der Waals surface area contributed by atoms with Crippen LogP contribution in [-0.2, 0) is 17.8 Å². The molecule has 4 heteroatoms. The largest absolute Gasteiger partial charge is 0.353 e. The molecule has 1 heterocycles. The zero-order chi connectivity index (χ0) is 16.7. The standard InChI is InChI=1S/C18H33N3O/c1-7-8-9-10-14(4)19-18(22)11-17-15(5)20-21(16(17)6)12-13(2)3/h13-14H,7-12H2,1-6H3,(H,19,22). The lowest BCUT2D eigenvalue weighted by Crippen LogP contribution is -2.33. The van der Waals surface area contributed by atoms with Crippen LogP contribution in [0.25, 0.3) is 0 Å². The second kappa shape index (κ2) is 8.96. The van der Waals surface area contributed by atoms with Gasteiger partial charge in [-0.2, -0.15) is 5.10 Å². The first-order chi connectivity index (χ1) is 10.3. The molecule has 1 amide bonds. The molecule has 1 aromatic heterocycles. The zero-order valence-electron chi connectivity index (χ0n) is 15.2. The zero-order valence-corrected chi connectivity index (χ0v) is 15.2. The van der Waals surface area contributed by atoms with E-state index in [-0.39, 0.29) is 11.9 Å². The molecule has 0 aliphatic rings. The molecule has 0 bridgehead atoms. The predicted molar refractivity (Wildman–Crippen MR) is 92.0 cm³/mol. The number of nitrogens with zero attached hydrogens (tertiary/aromatic N) is 2. The molecule has 0 aromatic carbocycles. The highest BCUT2D eigenvalue weighted by Crippen LogP contribution is 2.15. The van der Waals surface area contributed by atoms with Crippen LogP contribution >= 0.6 is 0 Å². The van der Waals surface area contributed by atoms with Crippen molar-refractivity contribution >= 4 is 5.91 Å². The SMILES string of the molecule is CCCCCC(C)NC(=O)Cc1c(C)nn(CC(C)C)c1C. The molecule has 22 heavy (non-hydrogen) atoms. The Hall–Kier alpha value is -1.32. The van der Waals surface area contributed by atoms with Crippen LogP contribution in [0, 0.1) is 19.8 Å². The highest BCUT2D eigenvalue weighted by molar-refractivity contribution is 5.79. The third kappa shape index (κ3) is 5.82. The van der Waals surface area contributed by atoms with Gasteiger partial charge in [-0.25, -0.2) is 0 Å². The molecule has 1 N–H and O–H groups in total. The van der Waals surface area contributed by atoms with Gasteiger partial charge in [0.2, 0.25) is 5.91 Å². The van der Waals surface area contributed by atoms with E-state index in [1.165, 1.54) is 19.3 Å². The van der Waals surface area contributed by atoms with Gasteiger partial charge in [-0.15, -0.1) is 0 Å². The van der Waals surface area contributed by atoms with E-state index in [4.69, 9.17) is 0 Å². The Labute approximate surface area is 135 Å². The average molecular weight is 307 g/mol. The number of amides is 1. The van der Waals surface area contributed by atoms with Gasteiger partial charge in [-0.05, 0) is 33.1 Å². The van der Waals surface area contributed by atoms with Crippen molar-refractivity contribution in [2.75, 3.05) is 0 Å². The molecule has 1 rings (SSSR count). The van der Waals surface area contributed by atoms with E-state index < -0.39 is 0 Å². The number of rotatable bonds is 9. The average Bonchev–Trinajstić information content (AvgIpc) is 2.66. The smallest absolute Gasteiger partial charge is 0.224 e. The number of carbonyl (C=O) groups is 1. The van der Waals surface area contributed by atoms with E-state index in [9.17, 15) is 4.79 Å². The summed E-state index contributed by atoms with van der Waals surface area (Å²) >= 11 is 0. The molecule has 0 fully saturated rings. The first kappa shape index (κ1) is 18.7. The summed E-state index contributed by atoms with van der Waals surface area (Å²) < 4.78 is 2.04. The fraction of sp³-hybridized carbons (Fsp3) is 0.778. The highest BCUT2D eigenvalue weighted by Gasteiger charge is 2.16. The van der Waals surface area contributed by atoms with E-state index in [0.717, 1.165) is 29.9 Å². The number of carbonyl (C=O) groups excluding carboxylic acids is 1. The number of aromatic nitrogens is 2. The van der Waals surface area contributed by atoms with Crippen LogP contribution in [0.5, 0.6) is 0 Å². The van der Waals surface area contributed by atoms with Crippen molar-refractivity contribution in [1.29, 1.82) is 0 Å². The maximum atomic E-state index is 12.2. The van der Waals surface area contributed by atoms with Gasteiger partial charge < -0.3 is 5.32 Å². The van der Waals surface area contributed by atoms with E-state index in [0.29, 0.717) is 12.3 Å². The molecule has 0 saturated heterocycles. The minimum atomic E-state index is 0.110. The first-order valence-corrected chi connectivity index (χ1v) is 8.67. The summed E-state index contributed by atoms with van der Waals surface area (Å²) in [7, 11) is 0. The Kier molecular flexibility index (Phi) is 7.63. The second-order valence-electron chi connectivity index (χ2n) is 6.87. The van der Waals surface area contributed by atoms with Gasteiger partial charge in [0.05, 0.1) is 12.1 Å². The Morgan fingerprint density at radius 1 is 1.23 bits per heavy atom. The lowest BCUT2D eigenvalue weighted by atomic mass is 10.1. The molecule has 0 radical (unpaired) electrons. The number of nitrogens with one attached hydrogen (secondary N) is 1. The van der Waals surface area contributed by atoms with Crippen molar-refractivity contribution in [2.24, 2.45) is 5.92 Å². The van der Waals surface area contributed by atoms with Crippen molar-refractivity contribution in [3.05, 3.63) is 17.0 Å². The maximum Gasteiger partial charge on any atom is 0.224 e. The predicted octanol–water partition coefficient (Wildman–Crippen LogP) is 3.78. The summed E-state index contributed by atoms with van der Waals surface area (Å²) in [5.74, 6) is 0.664. The van der Waals surface area contributed by atoms with Crippen molar-refractivity contribution in [2.45, 2.75) is 86.2 Å². The van der Waals surface area contributed by atoms with E-state index in [1.807, 2.05) is 11.6 Å². The molecule has 1 aromatic rings. The van der Waals surface area contributed by atoms with Crippen LogP contribution in [0.15, 0.2) is 0 Å². The molecule has 0 saturated carbocycles. The molecular formula is C18H33N3O. The number of unbranched alkanes of at least 4 members (excludes halogenated alkanes) is 2.